The number of phenolic OH excluding ortho intramolecular Hbond substituents is 1. The topological polar surface area (TPSA) is 55.8 Å². The third kappa shape index (κ3) is 6.36. The second kappa shape index (κ2) is 11.2. The van der Waals surface area contributed by atoms with Crippen molar-refractivity contribution >= 4 is 25.1 Å². The molecule has 3 rings (SSSR count). The van der Waals surface area contributed by atoms with Gasteiger partial charge >= 0.3 is 5.97 Å². The molecule has 0 spiro atoms. The molecule has 0 heterocycles. The molecule has 32 heavy (non-hydrogen) atoms. The molecular formula is C27H34O4Si. The first-order chi connectivity index (χ1) is 15.4. The largest absolute Gasteiger partial charge is 0.544 e. The fraction of sp³-hybridized carbons (Fsp3) is 0.370. The van der Waals surface area contributed by atoms with Gasteiger partial charge in [0.15, 0.2) is 0 Å². The molecule has 0 aliphatic rings. The highest BCUT2D eigenvalue weighted by atomic mass is 28.4. The van der Waals surface area contributed by atoms with Crippen molar-refractivity contribution in [3.8, 4) is 17.2 Å². The summed E-state index contributed by atoms with van der Waals surface area (Å²) in [4.78, 5) is 12.9. The lowest BCUT2D eigenvalue weighted by atomic mass is 10.0. The monoisotopic (exact) mass is 450 g/mol. The quantitative estimate of drug-likeness (QED) is 0.141. The van der Waals surface area contributed by atoms with Crippen molar-refractivity contribution in [2.24, 2.45) is 0 Å². The van der Waals surface area contributed by atoms with Crippen molar-refractivity contribution in [1.29, 1.82) is 0 Å². The van der Waals surface area contributed by atoms with E-state index in [1.165, 1.54) is 32.1 Å². The van der Waals surface area contributed by atoms with E-state index in [0.29, 0.717) is 16.9 Å². The molecule has 0 saturated carbocycles. The molecule has 0 atom stereocenters. The molecule has 3 aromatic rings. The number of fused-ring (bicyclic) bond motifs is 1. The van der Waals surface area contributed by atoms with Gasteiger partial charge in [-0.25, -0.2) is 4.79 Å². The lowest BCUT2D eigenvalue weighted by Crippen LogP contribution is -2.34. The molecule has 0 fully saturated rings. The number of hydrogen-bond donors (Lipinski definition) is 1. The van der Waals surface area contributed by atoms with Crippen LogP contribution in [0, 0.1) is 0 Å². The predicted octanol–water partition coefficient (Wildman–Crippen LogP) is 7.71. The Morgan fingerprint density at radius 2 is 1.50 bits per heavy atom. The van der Waals surface area contributed by atoms with Crippen LogP contribution in [0.3, 0.4) is 0 Å². The van der Waals surface area contributed by atoms with Crippen LogP contribution >= 0.6 is 0 Å². The highest BCUT2D eigenvalue weighted by Crippen LogP contribution is 2.38. The molecule has 0 amide bonds. The van der Waals surface area contributed by atoms with Crippen LogP contribution in [-0.2, 0) is 0 Å². The molecule has 0 saturated heterocycles. The minimum atomic E-state index is -2.01. The summed E-state index contributed by atoms with van der Waals surface area (Å²) in [7, 11) is -2.01. The van der Waals surface area contributed by atoms with Gasteiger partial charge in [0.05, 0.1) is 0 Å². The number of ether oxygens (including phenoxy) is 1. The zero-order chi connectivity index (χ0) is 23.0. The first-order valence-corrected chi connectivity index (χ1v) is 14.7. The normalized spacial score (nSPS) is 11.5. The summed E-state index contributed by atoms with van der Waals surface area (Å²) in [5, 5.41) is 12.2. The molecular weight excluding hydrogens is 416 g/mol. The fourth-order valence-electron chi connectivity index (χ4n) is 3.90. The van der Waals surface area contributed by atoms with E-state index in [9.17, 15) is 9.90 Å². The Labute approximate surface area is 192 Å². The van der Waals surface area contributed by atoms with E-state index >= 15 is 0 Å². The zero-order valence-corrected chi connectivity index (χ0v) is 20.4. The van der Waals surface area contributed by atoms with Crippen LogP contribution in [-0.4, -0.2) is 19.4 Å². The SMILES string of the molecule is CCCCCCCC[Si](C)(C)Oc1cc(C(=O)Oc2ccccc2)c(O)c2ccccc12. The molecule has 1 N–H and O–H groups in total. The predicted molar refractivity (Wildman–Crippen MR) is 133 cm³/mol. The Bertz CT molecular complexity index is 1030. The van der Waals surface area contributed by atoms with E-state index in [-0.39, 0.29) is 11.3 Å². The number of hydrogen-bond acceptors (Lipinski definition) is 4. The minimum Gasteiger partial charge on any atom is -0.544 e. The molecule has 0 unspecified atom stereocenters. The summed E-state index contributed by atoms with van der Waals surface area (Å²) in [5.74, 6) is 0.398. The van der Waals surface area contributed by atoms with Gasteiger partial charge in [-0.15, -0.1) is 0 Å². The number of carbonyl (C=O) groups is 1. The summed E-state index contributed by atoms with van der Waals surface area (Å²) in [6.45, 7) is 6.65. The standard InChI is InChI=1S/C27H34O4Si/c1-4-5-6-7-8-14-19-32(2,3)31-25-20-24(26(28)23-18-13-12-17-22(23)25)27(29)30-21-15-10-9-11-16-21/h9-13,15-18,20,28H,4-8,14,19H2,1-3H3. The Morgan fingerprint density at radius 1 is 0.875 bits per heavy atom. The van der Waals surface area contributed by atoms with Gasteiger partial charge in [-0.1, -0.05) is 87.9 Å². The average molecular weight is 451 g/mol. The van der Waals surface area contributed by atoms with Gasteiger partial charge in [0.25, 0.3) is 0 Å². The van der Waals surface area contributed by atoms with Crippen LogP contribution in [0.25, 0.3) is 10.8 Å². The van der Waals surface area contributed by atoms with Gasteiger partial charge in [0.2, 0.25) is 8.32 Å². The Kier molecular flexibility index (Phi) is 8.34. The van der Waals surface area contributed by atoms with Crippen molar-refractivity contribution < 1.29 is 19.1 Å². The molecule has 0 aliphatic heterocycles. The summed E-state index contributed by atoms with van der Waals surface area (Å²) in [6.07, 6.45) is 7.52. The van der Waals surface area contributed by atoms with Gasteiger partial charge in [-0.3, -0.25) is 0 Å². The van der Waals surface area contributed by atoms with E-state index in [2.05, 4.69) is 20.0 Å². The number of para-hydroxylation sites is 1. The maximum Gasteiger partial charge on any atom is 0.347 e. The fourth-order valence-corrected chi connectivity index (χ4v) is 5.86. The van der Waals surface area contributed by atoms with Gasteiger partial charge in [-0.05, 0) is 37.3 Å². The van der Waals surface area contributed by atoms with E-state index in [1.54, 1.807) is 36.4 Å². The van der Waals surface area contributed by atoms with Gasteiger partial charge < -0.3 is 14.3 Å². The highest BCUT2D eigenvalue weighted by Gasteiger charge is 2.27. The van der Waals surface area contributed by atoms with Crippen LogP contribution in [0.1, 0.15) is 55.8 Å². The Balaban J connectivity index is 1.81. The van der Waals surface area contributed by atoms with Crippen molar-refractivity contribution in [2.75, 3.05) is 0 Å². The number of benzene rings is 3. The van der Waals surface area contributed by atoms with Gasteiger partial charge in [0, 0.05) is 10.8 Å². The maximum absolute atomic E-state index is 12.9. The number of esters is 1. The number of phenols is 1. The Morgan fingerprint density at radius 3 is 2.22 bits per heavy atom. The average Bonchev–Trinajstić information content (AvgIpc) is 2.78. The van der Waals surface area contributed by atoms with Crippen LogP contribution in [0.15, 0.2) is 60.7 Å². The third-order valence-electron chi connectivity index (χ3n) is 5.67. The molecule has 170 valence electrons. The molecule has 4 nitrogen and oxygen atoms in total. The van der Waals surface area contributed by atoms with Crippen molar-refractivity contribution in [2.45, 2.75) is 64.6 Å². The van der Waals surface area contributed by atoms with Crippen LogP contribution in [0.2, 0.25) is 19.1 Å². The molecule has 5 heteroatoms. The van der Waals surface area contributed by atoms with E-state index < -0.39 is 14.3 Å². The van der Waals surface area contributed by atoms with Crippen LogP contribution < -0.4 is 9.16 Å². The molecule has 0 aliphatic carbocycles. The van der Waals surface area contributed by atoms with Gasteiger partial charge in [-0.2, -0.15) is 0 Å². The lowest BCUT2D eigenvalue weighted by Gasteiger charge is -2.26. The summed E-state index contributed by atoms with van der Waals surface area (Å²) in [6, 6.07) is 19.1. The Hall–Kier alpha value is -2.79. The number of aromatic hydroxyl groups is 1. The molecule has 3 aromatic carbocycles. The summed E-state index contributed by atoms with van der Waals surface area (Å²) < 4.78 is 12.0. The van der Waals surface area contributed by atoms with Crippen molar-refractivity contribution in [3.63, 3.8) is 0 Å². The second-order valence-corrected chi connectivity index (χ2v) is 13.1. The molecule has 0 aromatic heterocycles. The summed E-state index contributed by atoms with van der Waals surface area (Å²) >= 11 is 0. The van der Waals surface area contributed by atoms with Crippen molar-refractivity contribution in [3.05, 3.63) is 66.2 Å². The van der Waals surface area contributed by atoms with E-state index in [0.717, 1.165) is 17.9 Å². The van der Waals surface area contributed by atoms with Crippen LogP contribution in [0.5, 0.6) is 17.2 Å². The smallest absolute Gasteiger partial charge is 0.347 e. The number of unbranched alkanes of at least 4 members (excludes halogenated alkanes) is 5. The lowest BCUT2D eigenvalue weighted by molar-refractivity contribution is 0.0731. The minimum absolute atomic E-state index is 0.0794. The van der Waals surface area contributed by atoms with Gasteiger partial charge in [0.1, 0.15) is 22.8 Å². The molecule has 0 bridgehead atoms. The first-order valence-electron chi connectivity index (χ1n) is 11.6. The van der Waals surface area contributed by atoms with E-state index in [1.807, 2.05) is 24.3 Å². The highest BCUT2D eigenvalue weighted by molar-refractivity contribution is 6.71. The maximum atomic E-state index is 12.9. The zero-order valence-electron chi connectivity index (χ0n) is 19.4. The van der Waals surface area contributed by atoms with Crippen molar-refractivity contribution in [1.82, 2.24) is 0 Å². The van der Waals surface area contributed by atoms with E-state index in [4.69, 9.17) is 9.16 Å². The molecule has 0 radical (unpaired) electrons. The second-order valence-electron chi connectivity index (χ2n) is 8.90. The van der Waals surface area contributed by atoms with Crippen LogP contribution in [0.4, 0.5) is 0 Å². The summed E-state index contributed by atoms with van der Waals surface area (Å²) in [5.41, 5.74) is 0.118. The number of carbonyl (C=O) groups excluding carboxylic acids is 1. The number of rotatable bonds is 11. The first kappa shape index (κ1) is 23.9. The third-order valence-corrected chi connectivity index (χ3v) is 8.00.